The van der Waals surface area contributed by atoms with Gasteiger partial charge in [-0.2, -0.15) is 0 Å². The number of halogens is 1. The molecular formula is C18H16BrNO4S. The SMILES string of the molecule is CCCOc1c(Br)cc(C=C2N=C(c3cccs3)OC2=O)cc1OC. The first kappa shape index (κ1) is 17.7. The molecule has 0 fully saturated rings. The number of nitrogens with zero attached hydrogens (tertiary/aromatic N) is 1. The van der Waals surface area contributed by atoms with Crippen LogP contribution in [-0.4, -0.2) is 25.6 Å². The van der Waals surface area contributed by atoms with Crippen LogP contribution in [0.15, 0.2) is 44.8 Å². The lowest BCUT2D eigenvalue weighted by Gasteiger charge is -2.13. The predicted octanol–water partition coefficient (Wildman–Crippen LogP) is 4.65. The van der Waals surface area contributed by atoms with Crippen LogP contribution in [0.3, 0.4) is 0 Å². The Hall–Kier alpha value is -2.12. The Bertz CT molecular complexity index is 843. The minimum absolute atomic E-state index is 0.250. The van der Waals surface area contributed by atoms with Crippen LogP contribution in [-0.2, 0) is 9.53 Å². The molecule has 0 amide bonds. The van der Waals surface area contributed by atoms with Gasteiger partial charge in [0.05, 0.1) is 23.1 Å². The number of benzene rings is 1. The fraction of sp³-hybridized carbons (Fsp3) is 0.222. The average molecular weight is 422 g/mol. The number of methoxy groups -OCH3 is 1. The van der Waals surface area contributed by atoms with Crippen LogP contribution in [0, 0.1) is 0 Å². The van der Waals surface area contributed by atoms with Crippen molar-refractivity contribution in [3.8, 4) is 11.5 Å². The molecule has 0 N–H and O–H groups in total. The van der Waals surface area contributed by atoms with Gasteiger partial charge in [-0.3, -0.25) is 0 Å². The summed E-state index contributed by atoms with van der Waals surface area (Å²) in [5, 5.41) is 1.91. The molecule has 1 aromatic carbocycles. The van der Waals surface area contributed by atoms with E-state index in [0.717, 1.165) is 21.3 Å². The van der Waals surface area contributed by atoms with E-state index >= 15 is 0 Å². The summed E-state index contributed by atoms with van der Waals surface area (Å²) >= 11 is 4.96. The maximum absolute atomic E-state index is 12.1. The van der Waals surface area contributed by atoms with E-state index in [1.807, 2.05) is 30.5 Å². The third-order valence-corrected chi connectivity index (χ3v) is 4.81. The van der Waals surface area contributed by atoms with Crippen molar-refractivity contribution >= 4 is 45.2 Å². The van der Waals surface area contributed by atoms with Gasteiger partial charge < -0.3 is 14.2 Å². The van der Waals surface area contributed by atoms with Crippen molar-refractivity contribution in [2.24, 2.45) is 4.99 Å². The number of esters is 1. The van der Waals surface area contributed by atoms with E-state index in [1.165, 1.54) is 11.3 Å². The Balaban J connectivity index is 1.93. The van der Waals surface area contributed by atoms with E-state index in [-0.39, 0.29) is 5.70 Å². The second kappa shape index (κ2) is 7.84. The van der Waals surface area contributed by atoms with Crippen molar-refractivity contribution in [3.63, 3.8) is 0 Å². The summed E-state index contributed by atoms with van der Waals surface area (Å²) in [6.07, 6.45) is 2.56. The van der Waals surface area contributed by atoms with Gasteiger partial charge in [-0.15, -0.1) is 11.3 Å². The largest absolute Gasteiger partial charge is 0.493 e. The van der Waals surface area contributed by atoms with Crippen LogP contribution in [0.1, 0.15) is 23.8 Å². The summed E-state index contributed by atoms with van der Waals surface area (Å²) in [5.74, 6) is 1.09. The van der Waals surface area contributed by atoms with Gasteiger partial charge in [-0.05, 0) is 57.6 Å². The van der Waals surface area contributed by atoms with Gasteiger partial charge in [0, 0.05) is 0 Å². The highest BCUT2D eigenvalue weighted by Crippen LogP contribution is 2.37. The molecule has 5 nitrogen and oxygen atoms in total. The number of hydrogen-bond donors (Lipinski definition) is 0. The molecule has 0 unspecified atom stereocenters. The van der Waals surface area contributed by atoms with Crippen LogP contribution in [0.4, 0.5) is 0 Å². The summed E-state index contributed by atoms with van der Waals surface area (Å²) < 4.78 is 17.1. The molecular weight excluding hydrogens is 406 g/mol. The lowest BCUT2D eigenvalue weighted by molar-refractivity contribution is -0.129. The standard InChI is InChI=1S/C18H16BrNO4S/c1-3-6-23-16-12(19)8-11(10-14(16)22-2)9-13-18(21)24-17(20-13)15-5-4-7-25-15/h4-5,7-10H,3,6H2,1-2H3. The Kier molecular flexibility index (Phi) is 5.55. The number of aliphatic imine (C=N–C) groups is 1. The first-order valence-electron chi connectivity index (χ1n) is 7.69. The van der Waals surface area contributed by atoms with Crippen molar-refractivity contribution in [3.05, 3.63) is 50.3 Å². The number of ether oxygens (including phenoxy) is 3. The van der Waals surface area contributed by atoms with Crippen LogP contribution >= 0.6 is 27.3 Å². The molecule has 3 rings (SSSR count). The van der Waals surface area contributed by atoms with E-state index < -0.39 is 5.97 Å². The lowest BCUT2D eigenvalue weighted by Crippen LogP contribution is -2.03. The van der Waals surface area contributed by atoms with Crippen molar-refractivity contribution < 1.29 is 19.0 Å². The van der Waals surface area contributed by atoms with Gasteiger partial charge in [0.15, 0.2) is 17.2 Å². The molecule has 0 aliphatic carbocycles. The van der Waals surface area contributed by atoms with Gasteiger partial charge in [-0.25, -0.2) is 9.79 Å². The van der Waals surface area contributed by atoms with E-state index in [9.17, 15) is 4.79 Å². The van der Waals surface area contributed by atoms with Crippen molar-refractivity contribution in [2.45, 2.75) is 13.3 Å². The molecule has 1 aliphatic rings. The number of carbonyl (C=O) groups is 1. The quantitative estimate of drug-likeness (QED) is 0.502. The number of thiophene rings is 1. The molecule has 1 aliphatic heterocycles. The molecule has 25 heavy (non-hydrogen) atoms. The highest BCUT2D eigenvalue weighted by molar-refractivity contribution is 9.10. The van der Waals surface area contributed by atoms with Gasteiger partial charge in [0.2, 0.25) is 5.90 Å². The van der Waals surface area contributed by atoms with Gasteiger partial charge in [0.1, 0.15) is 0 Å². The molecule has 2 aromatic rings. The Morgan fingerprint density at radius 2 is 2.24 bits per heavy atom. The molecule has 7 heteroatoms. The Morgan fingerprint density at radius 1 is 1.40 bits per heavy atom. The monoisotopic (exact) mass is 421 g/mol. The van der Waals surface area contributed by atoms with E-state index in [2.05, 4.69) is 20.9 Å². The summed E-state index contributed by atoms with van der Waals surface area (Å²) in [7, 11) is 1.58. The predicted molar refractivity (Wildman–Crippen MR) is 101 cm³/mol. The van der Waals surface area contributed by atoms with E-state index in [1.54, 1.807) is 19.3 Å². The van der Waals surface area contributed by atoms with Gasteiger partial charge in [-0.1, -0.05) is 13.0 Å². The third kappa shape index (κ3) is 3.93. The lowest BCUT2D eigenvalue weighted by atomic mass is 10.1. The maximum atomic E-state index is 12.1. The normalized spacial score (nSPS) is 15.2. The van der Waals surface area contributed by atoms with Crippen molar-refractivity contribution in [2.75, 3.05) is 13.7 Å². The van der Waals surface area contributed by atoms with Crippen molar-refractivity contribution in [1.29, 1.82) is 0 Å². The molecule has 2 heterocycles. The van der Waals surface area contributed by atoms with E-state index in [0.29, 0.717) is 24.0 Å². The summed E-state index contributed by atoms with van der Waals surface area (Å²) in [6, 6.07) is 7.40. The number of carbonyl (C=O) groups excluding carboxylic acids is 1. The number of rotatable bonds is 6. The topological polar surface area (TPSA) is 57.1 Å². The second-order valence-corrected chi connectivity index (χ2v) is 7.00. The van der Waals surface area contributed by atoms with Crippen LogP contribution in [0.5, 0.6) is 11.5 Å². The van der Waals surface area contributed by atoms with Crippen LogP contribution in [0.2, 0.25) is 0 Å². The molecule has 0 saturated carbocycles. The highest BCUT2D eigenvalue weighted by atomic mass is 79.9. The molecule has 130 valence electrons. The number of cyclic esters (lactones) is 1. The van der Waals surface area contributed by atoms with Gasteiger partial charge in [0.25, 0.3) is 0 Å². The zero-order valence-corrected chi connectivity index (χ0v) is 16.1. The molecule has 0 saturated heterocycles. The zero-order chi connectivity index (χ0) is 17.8. The maximum Gasteiger partial charge on any atom is 0.363 e. The third-order valence-electron chi connectivity index (χ3n) is 3.36. The first-order valence-corrected chi connectivity index (χ1v) is 9.36. The molecule has 0 radical (unpaired) electrons. The summed E-state index contributed by atoms with van der Waals surface area (Å²) in [6.45, 7) is 2.63. The fourth-order valence-corrected chi connectivity index (χ4v) is 3.46. The minimum atomic E-state index is -0.468. The summed E-state index contributed by atoms with van der Waals surface area (Å²) in [5.41, 5.74) is 1.01. The molecule has 1 aromatic heterocycles. The fourth-order valence-electron chi connectivity index (χ4n) is 2.24. The van der Waals surface area contributed by atoms with Crippen LogP contribution < -0.4 is 9.47 Å². The van der Waals surface area contributed by atoms with Crippen LogP contribution in [0.25, 0.3) is 6.08 Å². The summed E-state index contributed by atoms with van der Waals surface area (Å²) in [4.78, 5) is 17.2. The molecule has 0 bridgehead atoms. The average Bonchev–Trinajstić information content (AvgIpc) is 3.24. The van der Waals surface area contributed by atoms with E-state index in [4.69, 9.17) is 14.2 Å². The first-order chi connectivity index (χ1) is 12.1. The molecule has 0 atom stereocenters. The number of hydrogen-bond acceptors (Lipinski definition) is 6. The highest BCUT2D eigenvalue weighted by Gasteiger charge is 2.25. The second-order valence-electron chi connectivity index (χ2n) is 5.20. The Labute approximate surface area is 158 Å². The van der Waals surface area contributed by atoms with Gasteiger partial charge >= 0.3 is 5.97 Å². The smallest absolute Gasteiger partial charge is 0.363 e. The minimum Gasteiger partial charge on any atom is -0.493 e. The Morgan fingerprint density at radius 3 is 2.92 bits per heavy atom. The zero-order valence-electron chi connectivity index (χ0n) is 13.7. The molecule has 0 spiro atoms. The van der Waals surface area contributed by atoms with Crippen molar-refractivity contribution in [1.82, 2.24) is 0 Å².